The van der Waals surface area contributed by atoms with Crippen LogP contribution in [0.15, 0.2) is 0 Å². The Kier molecular flexibility index (Phi) is 5.72. The van der Waals surface area contributed by atoms with Crippen molar-refractivity contribution in [1.29, 1.82) is 0 Å². The van der Waals surface area contributed by atoms with E-state index in [4.69, 9.17) is 0 Å². The standard InChI is InChI=1S/C11H24N2O2S/c1-3-16(14,15)10-4-8-13-9-7-12-6-5-11(13)2/h11-12H,3-10H2,1-2H3. The normalized spacial score (nSPS) is 24.2. The first-order valence-corrected chi connectivity index (χ1v) is 8.02. The van der Waals surface area contributed by atoms with Gasteiger partial charge in [-0.3, -0.25) is 4.90 Å². The summed E-state index contributed by atoms with van der Waals surface area (Å²) >= 11 is 0. The minimum atomic E-state index is -2.79. The van der Waals surface area contributed by atoms with Gasteiger partial charge in [-0.25, -0.2) is 8.42 Å². The molecule has 1 saturated heterocycles. The first-order valence-electron chi connectivity index (χ1n) is 6.20. The van der Waals surface area contributed by atoms with Crippen LogP contribution in [0, 0.1) is 0 Å². The maximum absolute atomic E-state index is 11.4. The van der Waals surface area contributed by atoms with Gasteiger partial charge in [0.2, 0.25) is 0 Å². The zero-order chi connectivity index (χ0) is 12.0. The summed E-state index contributed by atoms with van der Waals surface area (Å²) in [4.78, 5) is 2.39. The van der Waals surface area contributed by atoms with E-state index in [0.717, 1.165) is 39.0 Å². The highest BCUT2D eigenvalue weighted by atomic mass is 32.2. The molecule has 1 aliphatic heterocycles. The zero-order valence-electron chi connectivity index (χ0n) is 10.4. The predicted octanol–water partition coefficient (Wildman–Crippen LogP) is 0.495. The van der Waals surface area contributed by atoms with E-state index >= 15 is 0 Å². The summed E-state index contributed by atoms with van der Waals surface area (Å²) in [7, 11) is -2.79. The van der Waals surface area contributed by atoms with Gasteiger partial charge in [-0.05, 0) is 32.9 Å². The van der Waals surface area contributed by atoms with Gasteiger partial charge in [0.15, 0.2) is 0 Å². The van der Waals surface area contributed by atoms with Gasteiger partial charge in [0, 0.05) is 24.9 Å². The molecule has 1 aliphatic rings. The highest BCUT2D eigenvalue weighted by molar-refractivity contribution is 7.91. The van der Waals surface area contributed by atoms with Gasteiger partial charge in [-0.2, -0.15) is 0 Å². The van der Waals surface area contributed by atoms with Crippen molar-refractivity contribution in [2.24, 2.45) is 0 Å². The third-order valence-electron chi connectivity index (χ3n) is 3.28. The lowest BCUT2D eigenvalue weighted by Crippen LogP contribution is -2.35. The van der Waals surface area contributed by atoms with Crippen molar-refractivity contribution in [3.05, 3.63) is 0 Å². The molecule has 1 rings (SSSR count). The van der Waals surface area contributed by atoms with Crippen LogP contribution in [0.2, 0.25) is 0 Å². The smallest absolute Gasteiger partial charge is 0.150 e. The van der Waals surface area contributed by atoms with Crippen LogP contribution in [0.3, 0.4) is 0 Å². The van der Waals surface area contributed by atoms with Crippen molar-refractivity contribution < 1.29 is 8.42 Å². The number of nitrogens with zero attached hydrogens (tertiary/aromatic N) is 1. The lowest BCUT2D eigenvalue weighted by atomic mass is 10.2. The average molecular weight is 248 g/mol. The topological polar surface area (TPSA) is 49.4 Å². The van der Waals surface area contributed by atoms with E-state index in [1.54, 1.807) is 6.92 Å². The van der Waals surface area contributed by atoms with Gasteiger partial charge in [-0.15, -0.1) is 0 Å². The fourth-order valence-corrected chi connectivity index (χ4v) is 2.88. The third-order valence-corrected chi connectivity index (χ3v) is 5.07. The highest BCUT2D eigenvalue weighted by Gasteiger charge is 2.16. The van der Waals surface area contributed by atoms with Crippen LogP contribution in [-0.4, -0.2) is 57.0 Å². The third kappa shape index (κ3) is 4.80. The quantitative estimate of drug-likeness (QED) is 0.769. The summed E-state index contributed by atoms with van der Waals surface area (Å²) in [5.74, 6) is 0.601. The number of sulfone groups is 1. The lowest BCUT2D eigenvalue weighted by molar-refractivity contribution is 0.221. The van der Waals surface area contributed by atoms with Gasteiger partial charge in [-0.1, -0.05) is 6.92 Å². The molecule has 0 amide bonds. The fraction of sp³-hybridized carbons (Fsp3) is 1.00. The second-order valence-corrected chi connectivity index (χ2v) is 6.99. The Morgan fingerprint density at radius 3 is 2.81 bits per heavy atom. The molecule has 5 heteroatoms. The van der Waals surface area contributed by atoms with Crippen molar-refractivity contribution in [1.82, 2.24) is 10.2 Å². The van der Waals surface area contributed by atoms with Crippen LogP contribution in [0.25, 0.3) is 0 Å². The molecule has 0 aliphatic carbocycles. The van der Waals surface area contributed by atoms with Gasteiger partial charge in [0.25, 0.3) is 0 Å². The van der Waals surface area contributed by atoms with Crippen molar-refractivity contribution in [3.8, 4) is 0 Å². The van der Waals surface area contributed by atoms with Crippen molar-refractivity contribution in [2.75, 3.05) is 37.7 Å². The van der Waals surface area contributed by atoms with Gasteiger partial charge < -0.3 is 5.32 Å². The van der Waals surface area contributed by atoms with Crippen LogP contribution < -0.4 is 5.32 Å². The van der Waals surface area contributed by atoms with Crippen LogP contribution in [0.4, 0.5) is 0 Å². The Balaban J connectivity index is 2.30. The summed E-state index contributed by atoms with van der Waals surface area (Å²) in [5, 5.41) is 3.37. The number of nitrogens with one attached hydrogen (secondary N) is 1. The molecule has 1 atom stereocenters. The van der Waals surface area contributed by atoms with E-state index < -0.39 is 9.84 Å². The van der Waals surface area contributed by atoms with Gasteiger partial charge in [0.1, 0.15) is 9.84 Å². The van der Waals surface area contributed by atoms with Crippen molar-refractivity contribution in [3.63, 3.8) is 0 Å². The number of rotatable bonds is 5. The Hall–Kier alpha value is -0.130. The molecule has 1 heterocycles. The molecule has 4 nitrogen and oxygen atoms in total. The maximum Gasteiger partial charge on any atom is 0.150 e. The maximum atomic E-state index is 11.4. The van der Waals surface area contributed by atoms with Gasteiger partial charge in [0.05, 0.1) is 5.75 Å². The largest absolute Gasteiger partial charge is 0.315 e. The van der Waals surface area contributed by atoms with E-state index in [9.17, 15) is 8.42 Å². The molecular weight excluding hydrogens is 224 g/mol. The molecule has 0 radical (unpaired) electrons. The minimum absolute atomic E-state index is 0.268. The van der Waals surface area contributed by atoms with E-state index in [0.29, 0.717) is 11.8 Å². The Labute approximate surface area is 99.3 Å². The predicted molar refractivity (Wildman–Crippen MR) is 67.5 cm³/mol. The zero-order valence-corrected chi connectivity index (χ0v) is 11.2. The Morgan fingerprint density at radius 2 is 2.12 bits per heavy atom. The molecule has 0 aromatic carbocycles. The lowest BCUT2D eigenvalue weighted by Gasteiger charge is -2.26. The highest BCUT2D eigenvalue weighted by Crippen LogP contribution is 2.07. The van der Waals surface area contributed by atoms with Crippen LogP contribution in [0.1, 0.15) is 26.7 Å². The summed E-state index contributed by atoms with van der Waals surface area (Å²) in [5.41, 5.74) is 0. The number of hydrogen-bond donors (Lipinski definition) is 1. The molecule has 96 valence electrons. The Bertz CT molecular complexity index is 290. The monoisotopic (exact) mass is 248 g/mol. The number of hydrogen-bond acceptors (Lipinski definition) is 4. The summed E-state index contributed by atoms with van der Waals surface area (Å²) in [6, 6.07) is 0.569. The molecule has 1 N–H and O–H groups in total. The molecule has 0 aromatic rings. The second kappa shape index (κ2) is 6.57. The first kappa shape index (κ1) is 13.9. The molecule has 0 bridgehead atoms. The van der Waals surface area contributed by atoms with Crippen molar-refractivity contribution in [2.45, 2.75) is 32.7 Å². The molecule has 0 spiro atoms. The molecule has 16 heavy (non-hydrogen) atoms. The first-order chi connectivity index (χ1) is 7.55. The molecule has 1 unspecified atom stereocenters. The SMILES string of the molecule is CCS(=O)(=O)CCCN1CCNCCC1C. The summed E-state index contributed by atoms with van der Waals surface area (Å²) in [6.45, 7) is 7.97. The molecule has 0 aromatic heterocycles. The average Bonchev–Trinajstić information content (AvgIpc) is 2.44. The van der Waals surface area contributed by atoms with Crippen molar-refractivity contribution >= 4 is 9.84 Å². The van der Waals surface area contributed by atoms with Gasteiger partial charge >= 0.3 is 0 Å². The second-order valence-electron chi connectivity index (χ2n) is 4.51. The van der Waals surface area contributed by atoms with E-state index in [-0.39, 0.29) is 5.75 Å². The van der Waals surface area contributed by atoms with Crippen LogP contribution in [-0.2, 0) is 9.84 Å². The molecule has 1 fully saturated rings. The van der Waals surface area contributed by atoms with E-state index in [2.05, 4.69) is 17.1 Å². The fourth-order valence-electron chi connectivity index (χ4n) is 2.03. The van der Waals surface area contributed by atoms with Crippen LogP contribution >= 0.6 is 0 Å². The summed E-state index contributed by atoms with van der Waals surface area (Å²) in [6.07, 6.45) is 1.92. The van der Waals surface area contributed by atoms with Crippen LogP contribution in [0.5, 0.6) is 0 Å². The van der Waals surface area contributed by atoms with E-state index in [1.807, 2.05) is 0 Å². The van der Waals surface area contributed by atoms with E-state index in [1.165, 1.54) is 0 Å². The summed E-state index contributed by atoms with van der Waals surface area (Å²) < 4.78 is 22.7. The molecule has 0 saturated carbocycles. The Morgan fingerprint density at radius 1 is 1.38 bits per heavy atom. The minimum Gasteiger partial charge on any atom is -0.315 e. The molecular formula is C11H24N2O2S.